The Labute approximate surface area is 212 Å². The van der Waals surface area contributed by atoms with Gasteiger partial charge in [0.1, 0.15) is 5.69 Å². The standard InChI is InChI=1S/C26H28F3N5OS/c1-17(35)22-9-6-19(15-30-22)23-31-32-24(33(23)2)36-13-3-11-34-12-10-25(16-34)14-21(25)18-4-7-20(8-5-18)26(27,28)29/h4-9,15,21H,3,10-14,16H2,1-2H3/t21-,25-/m0/s1. The number of halogens is 3. The van der Waals surface area contributed by atoms with E-state index in [0.717, 1.165) is 60.9 Å². The van der Waals surface area contributed by atoms with Gasteiger partial charge in [-0.3, -0.25) is 9.78 Å². The van der Waals surface area contributed by atoms with Crippen LogP contribution in [-0.2, 0) is 13.2 Å². The normalized spacial score (nSPS) is 21.9. The van der Waals surface area contributed by atoms with Crippen LogP contribution in [0.3, 0.4) is 0 Å². The van der Waals surface area contributed by atoms with Crippen molar-refractivity contribution >= 4 is 17.5 Å². The number of likely N-dealkylation sites (tertiary alicyclic amines) is 1. The molecule has 1 aromatic carbocycles. The zero-order valence-electron chi connectivity index (χ0n) is 20.3. The molecule has 1 saturated heterocycles. The Morgan fingerprint density at radius 1 is 1.17 bits per heavy atom. The first-order valence-corrected chi connectivity index (χ1v) is 13.0. The monoisotopic (exact) mass is 515 g/mol. The summed E-state index contributed by atoms with van der Waals surface area (Å²) < 4.78 is 40.5. The van der Waals surface area contributed by atoms with E-state index in [2.05, 4.69) is 20.1 Å². The highest BCUT2D eigenvalue weighted by atomic mass is 32.2. The van der Waals surface area contributed by atoms with Crippen LogP contribution in [0.25, 0.3) is 11.4 Å². The molecule has 3 heterocycles. The maximum Gasteiger partial charge on any atom is 0.416 e. The maximum atomic E-state index is 12.8. The van der Waals surface area contributed by atoms with E-state index < -0.39 is 11.7 Å². The molecule has 0 N–H and O–H groups in total. The van der Waals surface area contributed by atoms with Crippen LogP contribution in [0.2, 0.25) is 0 Å². The highest BCUT2D eigenvalue weighted by Gasteiger charge is 2.57. The van der Waals surface area contributed by atoms with Crippen LogP contribution in [0.5, 0.6) is 0 Å². The molecule has 36 heavy (non-hydrogen) atoms. The molecule has 2 fully saturated rings. The quantitative estimate of drug-likeness (QED) is 0.226. The molecule has 2 atom stereocenters. The summed E-state index contributed by atoms with van der Waals surface area (Å²) in [4.78, 5) is 18.1. The van der Waals surface area contributed by atoms with Gasteiger partial charge in [-0.15, -0.1) is 10.2 Å². The summed E-state index contributed by atoms with van der Waals surface area (Å²) in [6, 6.07) is 9.27. The van der Waals surface area contributed by atoms with Crippen LogP contribution in [0, 0.1) is 5.41 Å². The van der Waals surface area contributed by atoms with E-state index in [4.69, 9.17) is 0 Å². The summed E-state index contributed by atoms with van der Waals surface area (Å²) in [5, 5.41) is 9.44. The molecule has 1 aliphatic carbocycles. The number of carbonyl (C=O) groups is 1. The average Bonchev–Trinajstić information content (AvgIpc) is 3.20. The number of hydrogen-bond acceptors (Lipinski definition) is 6. The second kappa shape index (κ2) is 9.63. The van der Waals surface area contributed by atoms with Gasteiger partial charge < -0.3 is 9.47 Å². The number of Topliss-reactive ketones (excluding diaryl/α,β-unsaturated/α-hetero) is 1. The number of pyridine rings is 1. The zero-order chi connectivity index (χ0) is 25.5. The van der Waals surface area contributed by atoms with Gasteiger partial charge in [-0.2, -0.15) is 13.2 Å². The lowest BCUT2D eigenvalue weighted by Gasteiger charge is -2.16. The number of thioether (sulfide) groups is 1. The lowest BCUT2D eigenvalue weighted by molar-refractivity contribution is -0.137. The second-order valence-corrected chi connectivity index (χ2v) is 10.9. The van der Waals surface area contributed by atoms with E-state index in [1.165, 1.54) is 19.1 Å². The van der Waals surface area contributed by atoms with Crippen molar-refractivity contribution < 1.29 is 18.0 Å². The smallest absolute Gasteiger partial charge is 0.305 e. The third kappa shape index (κ3) is 5.06. The summed E-state index contributed by atoms with van der Waals surface area (Å²) in [5.74, 6) is 1.93. The summed E-state index contributed by atoms with van der Waals surface area (Å²) in [6.45, 7) is 4.54. The molecule has 6 nitrogen and oxygen atoms in total. The molecule has 2 aromatic heterocycles. The van der Waals surface area contributed by atoms with Gasteiger partial charge in [0.25, 0.3) is 0 Å². The summed E-state index contributed by atoms with van der Waals surface area (Å²) >= 11 is 1.67. The number of nitrogens with zero attached hydrogens (tertiary/aromatic N) is 5. The Morgan fingerprint density at radius 2 is 1.94 bits per heavy atom. The Balaban J connectivity index is 1.09. The molecule has 190 valence electrons. The number of benzene rings is 1. The first kappa shape index (κ1) is 25.0. The number of rotatable bonds is 8. The van der Waals surface area contributed by atoms with Crippen LogP contribution in [0.4, 0.5) is 13.2 Å². The number of hydrogen-bond donors (Lipinski definition) is 0. The Morgan fingerprint density at radius 3 is 2.61 bits per heavy atom. The molecule has 3 aromatic rings. The van der Waals surface area contributed by atoms with E-state index in [1.54, 1.807) is 36.2 Å². The van der Waals surface area contributed by atoms with Gasteiger partial charge in [-0.25, -0.2) is 0 Å². The SMILES string of the molecule is CC(=O)c1ccc(-c2nnc(SCCCN3CC[C@]4(C[C@H]4c4ccc(C(F)(F)F)cc4)C3)n2C)cn1. The zero-order valence-corrected chi connectivity index (χ0v) is 21.1. The fourth-order valence-corrected chi connectivity index (χ4v) is 6.06. The van der Waals surface area contributed by atoms with Crippen molar-refractivity contribution in [1.29, 1.82) is 0 Å². The third-order valence-electron chi connectivity index (χ3n) is 7.36. The molecule has 2 aliphatic rings. The predicted molar refractivity (Wildman–Crippen MR) is 132 cm³/mol. The minimum Gasteiger partial charge on any atom is -0.305 e. The molecule has 1 saturated carbocycles. The largest absolute Gasteiger partial charge is 0.416 e. The van der Waals surface area contributed by atoms with Gasteiger partial charge in [0.2, 0.25) is 0 Å². The van der Waals surface area contributed by atoms with E-state index in [1.807, 2.05) is 17.7 Å². The number of alkyl halides is 3. The number of aromatic nitrogens is 4. The lowest BCUT2D eigenvalue weighted by Crippen LogP contribution is -2.23. The maximum absolute atomic E-state index is 12.8. The molecule has 0 bridgehead atoms. The predicted octanol–water partition coefficient (Wildman–Crippen LogP) is 5.46. The van der Waals surface area contributed by atoms with E-state index in [9.17, 15) is 18.0 Å². The molecule has 10 heteroatoms. The van der Waals surface area contributed by atoms with Crippen molar-refractivity contribution in [3.05, 3.63) is 59.4 Å². The van der Waals surface area contributed by atoms with Crippen LogP contribution in [0.15, 0.2) is 47.8 Å². The molecule has 5 rings (SSSR count). The topological polar surface area (TPSA) is 63.9 Å². The first-order valence-electron chi connectivity index (χ1n) is 12.1. The van der Waals surface area contributed by atoms with Gasteiger partial charge in [0.05, 0.1) is 5.56 Å². The summed E-state index contributed by atoms with van der Waals surface area (Å²) in [5.41, 5.74) is 1.93. The van der Waals surface area contributed by atoms with Crippen molar-refractivity contribution in [2.75, 3.05) is 25.4 Å². The fourth-order valence-electron chi connectivity index (χ4n) is 5.23. The third-order valence-corrected chi connectivity index (χ3v) is 8.47. The van der Waals surface area contributed by atoms with Crippen LogP contribution in [-0.4, -0.2) is 55.8 Å². The van der Waals surface area contributed by atoms with Gasteiger partial charge in [0, 0.05) is 38.0 Å². The lowest BCUT2D eigenvalue weighted by atomic mass is 9.97. The van der Waals surface area contributed by atoms with Crippen molar-refractivity contribution in [1.82, 2.24) is 24.6 Å². The molecule has 1 aliphatic heterocycles. The van der Waals surface area contributed by atoms with Gasteiger partial charge in [0.15, 0.2) is 16.8 Å². The van der Waals surface area contributed by atoms with E-state index in [-0.39, 0.29) is 11.2 Å². The van der Waals surface area contributed by atoms with Crippen molar-refractivity contribution in [2.24, 2.45) is 12.5 Å². The Bertz CT molecular complexity index is 1240. The highest BCUT2D eigenvalue weighted by molar-refractivity contribution is 7.99. The molecule has 1 spiro atoms. The Kier molecular flexibility index (Phi) is 6.67. The average molecular weight is 516 g/mol. The van der Waals surface area contributed by atoms with Gasteiger partial charge >= 0.3 is 6.18 Å². The van der Waals surface area contributed by atoms with E-state index in [0.29, 0.717) is 17.4 Å². The van der Waals surface area contributed by atoms with Crippen molar-refractivity contribution in [3.8, 4) is 11.4 Å². The van der Waals surface area contributed by atoms with Crippen LogP contribution in [0.1, 0.15) is 53.7 Å². The van der Waals surface area contributed by atoms with Crippen LogP contribution >= 0.6 is 11.8 Å². The Hall–Kier alpha value is -2.72. The second-order valence-electron chi connectivity index (χ2n) is 9.82. The first-order chi connectivity index (χ1) is 17.2. The molecular formula is C26H28F3N5OS. The van der Waals surface area contributed by atoms with Gasteiger partial charge in [-0.05, 0) is 73.5 Å². The number of ketones is 1. The fraction of sp³-hybridized carbons (Fsp3) is 0.462. The molecule has 0 amide bonds. The van der Waals surface area contributed by atoms with Crippen LogP contribution < -0.4 is 0 Å². The molecule has 0 radical (unpaired) electrons. The summed E-state index contributed by atoms with van der Waals surface area (Å²) in [7, 11) is 1.93. The number of carbonyl (C=O) groups excluding carboxylic acids is 1. The minimum atomic E-state index is -4.28. The molecule has 0 unspecified atom stereocenters. The molecular weight excluding hydrogens is 487 g/mol. The summed E-state index contributed by atoms with van der Waals surface area (Å²) in [6.07, 6.45) is 0.549. The minimum absolute atomic E-state index is 0.0727. The van der Waals surface area contributed by atoms with E-state index >= 15 is 0 Å². The van der Waals surface area contributed by atoms with Crippen molar-refractivity contribution in [3.63, 3.8) is 0 Å². The highest BCUT2D eigenvalue weighted by Crippen LogP contribution is 2.64. The van der Waals surface area contributed by atoms with Gasteiger partial charge in [-0.1, -0.05) is 23.9 Å². The van der Waals surface area contributed by atoms with Crippen molar-refractivity contribution in [2.45, 2.75) is 43.4 Å².